The number of nitrogens with zero attached hydrogens (tertiary/aromatic N) is 2. The first-order chi connectivity index (χ1) is 11.3. The minimum atomic E-state index is 0. The van der Waals surface area contributed by atoms with Crippen LogP contribution in [0.15, 0.2) is 60.8 Å². The zero-order valence-corrected chi connectivity index (χ0v) is 14.8. The fourth-order valence-electron chi connectivity index (χ4n) is 2.74. The topological polar surface area (TPSA) is 43.8 Å². The van der Waals surface area contributed by atoms with Crippen LogP contribution in [0, 0.1) is 0 Å². The van der Waals surface area contributed by atoms with Crippen LogP contribution in [0.1, 0.15) is 26.2 Å². The van der Waals surface area contributed by atoms with E-state index in [2.05, 4.69) is 71.2 Å². The van der Waals surface area contributed by atoms with Gasteiger partial charge in [0, 0.05) is 18.3 Å². The minimum absolute atomic E-state index is 0. The number of rotatable bonds is 6. The zero-order chi connectivity index (χ0) is 16.1. The van der Waals surface area contributed by atoms with Gasteiger partial charge >= 0.3 is 0 Å². The fraction of sp³-hybridized carbons (Fsp3) is 0.250. The number of aromatic nitrogens is 2. The largest absolute Gasteiger partial charge is 0.369 e. The number of aryl methyl sites for hydroxylation is 1. The molecule has 24 heavy (non-hydrogen) atoms. The average molecular weight is 342 g/mol. The summed E-state index contributed by atoms with van der Waals surface area (Å²) in [7, 11) is 0. The lowest BCUT2D eigenvalue weighted by Gasteiger charge is -2.03. The molecule has 0 radical (unpaired) electrons. The number of benzene rings is 2. The minimum Gasteiger partial charge on any atom is -0.369 e. The zero-order valence-electron chi connectivity index (χ0n) is 14.0. The van der Waals surface area contributed by atoms with Crippen LogP contribution in [0.25, 0.3) is 22.4 Å². The van der Waals surface area contributed by atoms with Gasteiger partial charge in [-0.1, -0.05) is 74.4 Å². The molecule has 0 saturated carbocycles. The maximum absolute atomic E-state index is 6.03. The number of imidazole rings is 1. The second kappa shape index (κ2) is 8.55. The third-order valence-corrected chi connectivity index (χ3v) is 4.10. The van der Waals surface area contributed by atoms with Gasteiger partial charge in [-0.15, -0.1) is 12.4 Å². The molecule has 0 saturated heterocycles. The van der Waals surface area contributed by atoms with Crippen molar-refractivity contribution in [3.63, 3.8) is 0 Å². The monoisotopic (exact) mass is 341 g/mol. The molecule has 4 heteroatoms. The van der Waals surface area contributed by atoms with E-state index in [0.717, 1.165) is 24.2 Å². The SMILES string of the molecule is CCCCCn1cc(-c2ccc(-c3ccccc3)cc2)nc1N.Cl. The first kappa shape index (κ1) is 18.1. The number of halogens is 1. The van der Waals surface area contributed by atoms with Crippen molar-refractivity contribution in [1.82, 2.24) is 9.55 Å². The lowest BCUT2D eigenvalue weighted by molar-refractivity contribution is 0.608. The number of nitrogen functional groups attached to an aromatic ring is 1. The van der Waals surface area contributed by atoms with E-state index in [1.54, 1.807) is 0 Å². The standard InChI is InChI=1S/C20H23N3.ClH/c1-2-3-7-14-23-15-19(22-20(23)21)18-12-10-17(11-13-18)16-8-5-4-6-9-16;/h4-6,8-13,15H,2-3,7,14H2,1H3,(H2,21,22);1H. The molecule has 0 unspecified atom stereocenters. The van der Waals surface area contributed by atoms with Crippen molar-refractivity contribution in [3.8, 4) is 22.4 Å². The van der Waals surface area contributed by atoms with Crippen molar-refractivity contribution in [2.45, 2.75) is 32.7 Å². The van der Waals surface area contributed by atoms with Gasteiger partial charge in [0.05, 0.1) is 5.69 Å². The molecule has 0 atom stereocenters. The number of hydrogen-bond donors (Lipinski definition) is 1. The highest BCUT2D eigenvalue weighted by Crippen LogP contribution is 2.25. The molecule has 0 aliphatic heterocycles. The molecule has 1 heterocycles. The number of anilines is 1. The predicted molar refractivity (Wildman–Crippen MR) is 104 cm³/mol. The van der Waals surface area contributed by atoms with Crippen LogP contribution in [0.4, 0.5) is 5.95 Å². The van der Waals surface area contributed by atoms with E-state index in [0.29, 0.717) is 5.95 Å². The summed E-state index contributed by atoms with van der Waals surface area (Å²) in [5, 5.41) is 0. The van der Waals surface area contributed by atoms with E-state index in [1.807, 2.05) is 6.07 Å². The molecule has 1 aromatic heterocycles. The third kappa shape index (κ3) is 4.18. The van der Waals surface area contributed by atoms with E-state index >= 15 is 0 Å². The van der Waals surface area contributed by atoms with E-state index in [4.69, 9.17) is 5.73 Å². The predicted octanol–water partition coefficient (Wildman–Crippen LogP) is 5.41. The Morgan fingerprint density at radius 1 is 0.875 bits per heavy atom. The summed E-state index contributed by atoms with van der Waals surface area (Å²) >= 11 is 0. The highest BCUT2D eigenvalue weighted by atomic mass is 35.5. The van der Waals surface area contributed by atoms with E-state index in [1.165, 1.54) is 24.0 Å². The van der Waals surface area contributed by atoms with Gasteiger partial charge < -0.3 is 10.3 Å². The van der Waals surface area contributed by atoms with Crippen molar-refractivity contribution in [1.29, 1.82) is 0 Å². The Morgan fingerprint density at radius 2 is 1.50 bits per heavy atom. The molecule has 3 aromatic rings. The highest BCUT2D eigenvalue weighted by Gasteiger charge is 2.07. The average Bonchev–Trinajstić information content (AvgIpc) is 2.97. The van der Waals surface area contributed by atoms with Gasteiger partial charge in [-0.25, -0.2) is 4.98 Å². The van der Waals surface area contributed by atoms with Gasteiger partial charge in [0.15, 0.2) is 0 Å². The Bertz CT molecular complexity index is 748. The summed E-state index contributed by atoms with van der Waals surface area (Å²) in [6.07, 6.45) is 5.63. The summed E-state index contributed by atoms with van der Waals surface area (Å²) in [6, 6.07) is 18.9. The van der Waals surface area contributed by atoms with E-state index in [9.17, 15) is 0 Å². The van der Waals surface area contributed by atoms with Crippen LogP contribution in [0.2, 0.25) is 0 Å². The Balaban J connectivity index is 0.00000208. The van der Waals surface area contributed by atoms with Gasteiger partial charge in [-0.3, -0.25) is 0 Å². The van der Waals surface area contributed by atoms with Crippen LogP contribution in [0.3, 0.4) is 0 Å². The lowest BCUT2D eigenvalue weighted by Crippen LogP contribution is -2.02. The van der Waals surface area contributed by atoms with E-state index < -0.39 is 0 Å². The second-order valence-corrected chi connectivity index (χ2v) is 5.83. The van der Waals surface area contributed by atoms with Gasteiger partial charge in [0.25, 0.3) is 0 Å². The number of hydrogen-bond acceptors (Lipinski definition) is 2. The molecule has 2 aromatic carbocycles. The molecule has 0 spiro atoms. The molecule has 3 nitrogen and oxygen atoms in total. The third-order valence-electron chi connectivity index (χ3n) is 4.10. The van der Waals surface area contributed by atoms with Gasteiger partial charge in [0.2, 0.25) is 5.95 Å². The Labute approximate surface area is 150 Å². The summed E-state index contributed by atoms with van der Waals surface area (Å²) in [5.74, 6) is 0.600. The van der Waals surface area contributed by atoms with E-state index in [-0.39, 0.29) is 12.4 Å². The van der Waals surface area contributed by atoms with Crippen molar-refractivity contribution >= 4 is 18.4 Å². The van der Waals surface area contributed by atoms with Crippen LogP contribution in [0.5, 0.6) is 0 Å². The summed E-state index contributed by atoms with van der Waals surface area (Å²) in [6.45, 7) is 3.14. The smallest absolute Gasteiger partial charge is 0.200 e. The van der Waals surface area contributed by atoms with Gasteiger partial charge in [-0.2, -0.15) is 0 Å². The van der Waals surface area contributed by atoms with Crippen molar-refractivity contribution in [3.05, 3.63) is 60.8 Å². The van der Waals surface area contributed by atoms with Gasteiger partial charge in [0.1, 0.15) is 0 Å². The normalized spacial score (nSPS) is 10.4. The van der Waals surface area contributed by atoms with Crippen LogP contribution >= 0.6 is 12.4 Å². The summed E-state index contributed by atoms with van der Waals surface area (Å²) < 4.78 is 2.05. The first-order valence-corrected chi connectivity index (χ1v) is 8.26. The number of nitrogens with two attached hydrogens (primary N) is 1. The Kier molecular flexibility index (Phi) is 6.44. The molecule has 0 aliphatic rings. The summed E-state index contributed by atoms with van der Waals surface area (Å²) in [5.41, 5.74) is 10.5. The Morgan fingerprint density at radius 3 is 2.17 bits per heavy atom. The van der Waals surface area contributed by atoms with Crippen molar-refractivity contribution in [2.24, 2.45) is 0 Å². The second-order valence-electron chi connectivity index (χ2n) is 5.83. The number of unbranched alkanes of at least 4 members (excludes halogenated alkanes) is 2. The quantitative estimate of drug-likeness (QED) is 0.609. The first-order valence-electron chi connectivity index (χ1n) is 8.26. The van der Waals surface area contributed by atoms with Crippen LogP contribution in [-0.2, 0) is 6.54 Å². The molecule has 0 bridgehead atoms. The molecule has 2 N–H and O–H groups in total. The van der Waals surface area contributed by atoms with Crippen LogP contribution < -0.4 is 5.73 Å². The van der Waals surface area contributed by atoms with Crippen molar-refractivity contribution in [2.75, 3.05) is 5.73 Å². The maximum Gasteiger partial charge on any atom is 0.200 e. The molecule has 126 valence electrons. The molecular weight excluding hydrogens is 318 g/mol. The molecule has 3 rings (SSSR count). The molecule has 0 amide bonds. The van der Waals surface area contributed by atoms with Gasteiger partial charge in [-0.05, 0) is 17.5 Å². The lowest BCUT2D eigenvalue weighted by atomic mass is 10.0. The molecule has 0 fully saturated rings. The Hall–Kier alpha value is -2.26. The maximum atomic E-state index is 6.03. The highest BCUT2D eigenvalue weighted by molar-refractivity contribution is 5.85. The summed E-state index contributed by atoms with van der Waals surface area (Å²) in [4.78, 5) is 4.50. The van der Waals surface area contributed by atoms with Crippen LogP contribution in [-0.4, -0.2) is 9.55 Å². The molecular formula is C20H24ClN3. The molecule has 0 aliphatic carbocycles. The fourth-order valence-corrected chi connectivity index (χ4v) is 2.74. The van der Waals surface area contributed by atoms with Crippen molar-refractivity contribution < 1.29 is 0 Å².